The van der Waals surface area contributed by atoms with Crippen LogP contribution in [0.2, 0.25) is 0 Å². The van der Waals surface area contributed by atoms with Crippen LogP contribution in [0.1, 0.15) is 30.1 Å². The fourth-order valence-electron chi connectivity index (χ4n) is 3.96. The molecule has 1 amide bonds. The van der Waals surface area contributed by atoms with Crippen molar-refractivity contribution in [3.63, 3.8) is 0 Å². The highest BCUT2D eigenvalue weighted by Crippen LogP contribution is 2.33. The molecule has 162 valence electrons. The molecule has 32 heavy (non-hydrogen) atoms. The quantitative estimate of drug-likeness (QED) is 0.499. The van der Waals surface area contributed by atoms with Gasteiger partial charge < -0.3 is 10.2 Å². The number of nitrogens with one attached hydrogen (secondary N) is 1. The second-order valence-corrected chi connectivity index (χ2v) is 8.15. The van der Waals surface area contributed by atoms with Crippen molar-refractivity contribution in [2.24, 2.45) is 4.99 Å². The molecule has 4 rings (SSSR count). The standard InChI is InChI=1S/C28H29N3O/c1-22(10-8-18-31-19-9-17-29-21-31)30-28(32)25-15-16-26(23-11-4-2-5-12-23)27(20-25)24-13-6-3-7-14-24/h2-7,9,11-17,20-22H,8,10,18-19H2,1H3,(H,30,32). The fourth-order valence-corrected chi connectivity index (χ4v) is 3.96. The average molecular weight is 424 g/mol. The van der Waals surface area contributed by atoms with Gasteiger partial charge in [0.05, 0.1) is 6.34 Å². The van der Waals surface area contributed by atoms with Gasteiger partial charge in [-0.1, -0.05) is 66.7 Å². The van der Waals surface area contributed by atoms with Crippen LogP contribution >= 0.6 is 0 Å². The molecule has 0 spiro atoms. The second-order valence-electron chi connectivity index (χ2n) is 8.15. The van der Waals surface area contributed by atoms with Gasteiger partial charge in [0.15, 0.2) is 0 Å². The summed E-state index contributed by atoms with van der Waals surface area (Å²) in [5.41, 5.74) is 5.12. The normalized spacial score (nSPS) is 13.7. The Kier molecular flexibility index (Phi) is 7.13. The van der Waals surface area contributed by atoms with Gasteiger partial charge in [0.25, 0.3) is 5.91 Å². The Bertz CT molecular complexity index is 1090. The number of rotatable bonds is 8. The van der Waals surface area contributed by atoms with Crippen LogP contribution in [0.3, 0.4) is 0 Å². The molecule has 0 aliphatic carbocycles. The Balaban J connectivity index is 1.46. The second kappa shape index (κ2) is 10.6. The van der Waals surface area contributed by atoms with Crippen molar-refractivity contribution in [3.05, 3.63) is 96.7 Å². The van der Waals surface area contributed by atoms with E-state index in [2.05, 4.69) is 58.5 Å². The van der Waals surface area contributed by atoms with Gasteiger partial charge in [0.2, 0.25) is 0 Å². The lowest BCUT2D eigenvalue weighted by atomic mass is 9.92. The highest BCUT2D eigenvalue weighted by molar-refractivity contribution is 5.97. The zero-order valence-corrected chi connectivity index (χ0v) is 18.4. The minimum atomic E-state index is -0.0308. The van der Waals surface area contributed by atoms with Crippen LogP contribution < -0.4 is 5.32 Å². The monoisotopic (exact) mass is 423 g/mol. The molecule has 1 atom stereocenters. The average Bonchev–Trinajstić information content (AvgIpc) is 2.85. The summed E-state index contributed by atoms with van der Waals surface area (Å²) in [6.45, 7) is 3.91. The summed E-state index contributed by atoms with van der Waals surface area (Å²) >= 11 is 0. The molecule has 0 saturated heterocycles. The van der Waals surface area contributed by atoms with Crippen LogP contribution in [0.15, 0.2) is 96.1 Å². The van der Waals surface area contributed by atoms with E-state index < -0.39 is 0 Å². The van der Waals surface area contributed by atoms with Gasteiger partial charge in [0, 0.05) is 30.9 Å². The van der Waals surface area contributed by atoms with E-state index in [4.69, 9.17) is 0 Å². The summed E-state index contributed by atoms with van der Waals surface area (Å²) in [6.07, 6.45) is 7.68. The predicted octanol–water partition coefficient (Wildman–Crippen LogP) is 5.78. The molecule has 1 unspecified atom stereocenters. The van der Waals surface area contributed by atoms with E-state index in [9.17, 15) is 4.79 Å². The number of hydrogen-bond acceptors (Lipinski definition) is 3. The Labute approximate surface area is 190 Å². The van der Waals surface area contributed by atoms with Crippen LogP contribution in [0.4, 0.5) is 0 Å². The number of aliphatic imine (C=N–C) groups is 1. The van der Waals surface area contributed by atoms with E-state index in [-0.39, 0.29) is 11.9 Å². The number of carbonyl (C=O) groups is 1. The molecular formula is C28H29N3O. The smallest absolute Gasteiger partial charge is 0.251 e. The van der Waals surface area contributed by atoms with Gasteiger partial charge in [-0.05, 0) is 60.2 Å². The van der Waals surface area contributed by atoms with E-state index in [1.807, 2.05) is 61.1 Å². The van der Waals surface area contributed by atoms with Gasteiger partial charge in [0.1, 0.15) is 0 Å². The molecule has 4 heteroatoms. The van der Waals surface area contributed by atoms with Crippen molar-refractivity contribution in [2.75, 3.05) is 13.1 Å². The predicted molar refractivity (Wildman–Crippen MR) is 133 cm³/mol. The molecule has 0 saturated carbocycles. The first kappa shape index (κ1) is 21.6. The number of hydrogen-bond donors (Lipinski definition) is 1. The molecule has 0 aromatic heterocycles. The topological polar surface area (TPSA) is 44.7 Å². The molecule has 1 heterocycles. The van der Waals surface area contributed by atoms with Crippen molar-refractivity contribution >= 4 is 12.2 Å². The third-order valence-electron chi connectivity index (χ3n) is 5.67. The highest BCUT2D eigenvalue weighted by atomic mass is 16.1. The van der Waals surface area contributed by atoms with Crippen molar-refractivity contribution in [1.29, 1.82) is 0 Å². The first-order valence-electron chi connectivity index (χ1n) is 11.2. The van der Waals surface area contributed by atoms with Crippen molar-refractivity contribution in [3.8, 4) is 22.3 Å². The van der Waals surface area contributed by atoms with Crippen molar-refractivity contribution < 1.29 is 4.79 Å². The minimum Gasteiger partial charge on any atom is -0.359 e. The summed E-state index contributed by atoms with van der Waals surface area (Å²) < 4.78 is 0. The van der Waals surface area contributed by atoms with E-state index in [1.54, 1.807) is 0 Å². The first-order valence-corrected chi connectivity index (χ1v) is 11.2. The van der Waals surface area contributed by atoms with E-state index in [0.29, 0.717) is 5.56 Å². The minimum absolute atomic E-state index is 0.0308. The number of amides is 1. The molecule has 1 aliphatic heterocycles. The maximum Gasteiger partial charge on any atom is 0.251 e. The third kappa shape index (κ3) is 5.52. The summed E-state index contributed by atoms with van der Waals surface area (Å²) in [4.78, 5) is 19.3. The first-order chi connectivity index (χ1) is 15.7. The molecule has 0 fully saturated rings. The molecule has 1 aliphatic rings. The van der Waals surface area contributed by atoms with Crippen molar-refractivity contribution in [1.82, 2.24) is 10.2 Å². The molecular weight excluding hydrogens is 394 g/mol. The lowest BCUT2D eigenvalue weighted by Gasteiger charge is -2.21. The van der Waals surface area contributed by atoms with Crippen LogP contribution in [0, 0.1) is 0 Å². The summed E-state index contributed by atoms with van der Waals surface area (Å²) in [5, 5.41) is 3.17. The lowest BCUT2D eigenvalue weighted by molar-refractivity contribution is 0.0937. The highest BCUT2D eigenvalue weighted by Gasteiger charge is 2.14. The third-order valence-corrected chi connectivity index (χ3v) is 5.67. The zero-order chi connectivity index (χ0) is 22.2. The van der Waals surface area contributed by atoms with E-state index in [1.165, 1.54) is 0 Å². The lowest BCUT2D eigenvalue weighted by Crippen LogP contribution is -2.33. The number of nitrogens with zero attached hydrogens (tertiary/aromatic N) is 2. The SMILES string of the molecule is CC(CCCN1C=NC=CC1)NC(=O)c1ccc(-c2ccccc2)c(-c2ccccc2)c1. The maximum absolute atomic E-state index is 13.0. The molecule has 3 aromatic rings. The molecule has 4 nitrogen and oxygen atoms in total. The Hall–Kier alpha value is -3.66. The van der Waals surface area contributed by atoms with Gasteiger partial charge in [-0.15, -0.1) is 0 Å². The van der Waals surface area contributed by atoms with Crippen LogP contribution in [-0.2, 0) is 0 Å². The molecule has 0 bridgehead atoms. The molecule has 0 radical (unpaired) electrons. The maximum atomic E-state index is 13.0. The number of carbonyl (C=O) groups excluding carboxylic acids is 1. The summed E-state index contributed by atoms with van der Waals surface area (Å²) in [7, 11) is 0. The van der Waals surface area contributed by atoms with Crippen LogP contribution in [-0.4, -0.2) is 36.3 Å². The number of benzene rings is 3. The Morgan fingerprint density at radius 1 is 0.969 bits per heavy atom. The van der Waals surface area contributed by atoms with Gasteiger partial charge in [-0.3, -0.25) is 4.79 Å². The summed E-state index contributed by atoms with van der Waals surface area (Å²) in [6, 6.07) is 26.6. The fraction of sp³-hybridized carbons (Fsp3) is 0.214. The summed E-state index contributed by atoms with van der Waals surface area (Å²) in [5.74, 6) is -0.0308. The van der Waals surface area contributed by atoms with Gasteiger partial charge >= 0.3 is 0 Å². The van der Waals surface area contributed by atoms with Gasteiger partial charge in [-0.2, -0.15) is 0 Å². The van der Waals surface area contributed by atoms with E-state index in [0.717, 1.165) is 48.2 Å². The largest absolute Gasteiger partial charge is 0.359 e. The Morgan fingerprint density at radius 3 is 2.31 bits per heavy atom. The van der Waals surface area contributed by atoms with Crippen LogP contribution in [0.25, 0.3) is 22.3 Å². The Morgan fingerprint density at radius 2 is 1.66 bits per heavy atom. The molecule has 3 aromatic carbocycles. The zero-order valence-electron chi connectivity index (χ0n) is 18.4. The van der Waals surface area contributed by atoms with Gasteiger partial charge in [-0.25, -0.2) is 4.99 Å². The molecule has 1 N–H and O–H groups in total. The van der Waals surface area contributed by atoms with E-state index >= 15 is 0 Å². The van der Waals surface area contributed by atoms with Crippen LogP contribution in [0.5, 0.6) is 0 Å². The van der Waals surface area contributed by atoms with Crippen molar-refractivity contribution in [2.45, 2.75) is 25.8 Å².